The van der Waals surface area contributed by atoms with Gasteiger partial charge in [0.2, 0.25) is 0 Å². The molecule has 0 bridgehead atoms. The molecule has 576 valence electrons. The first-order valence-corrected chi connectivity index (χ1v) is 41.0. The topological polar surface area (TPSA) is 237 Å². The van der Waals surface area contributed by atoms with Crippen LogP contribution in [0.15, 0.2) is 182 Å². The molecule has 5 unspecified atom stereocenters. The Morgan fingerprint density at radius 2 is 0.559 bits per heavy atom. The molecule has 19 heteroatoms. The van der Waals surface area contributed by atoms with E-state index in [4.69, 9.17) is 37.0 Å². The highest BCUT2D eigenvalue weighted by molar-refractivity contribution is 7.47. The molecule has 0 spiro atoms. The fourth-order valence-electron chi connectivity index (χ4n) is 9.24. The predicted octanol–water partition coefficient (Wildman–Crippen LogP) is 22.0. The van der Waals surface area contributed by atoms with Crippen molar-refractivity contribution in [1.29, 1.82) is 0 Å². The summed E-state index contributed by atoms with van der Waals surface area (Å²) in [5.41, 5.74) is 0. The zero-order valence-electron chi connectivity index (χ0n) is 62.7. The van der Waals surface area contributed by atoms with Gasteiger partial charge >= 0.3 is 39.5 Å². The summed E-state index contributed by atoms with van der Waals surface area (Å²) < 4.78 is 68.2. The number of carbonyl (C=O) groups is 4. The van der Waals surface area contributed by atoms with Crippen molar-refractivity contribution in [2.75, 3.05) is 39.6 Å². The van der Waals surface area contributed by atoms with Crippen LogP contribution >= 0.6 is 15.6 Å². The molecule has 0 saturated carbocycles. The smallest absolute Gasteiger partial charge is 0.462 e. The van der Waals surface area contributed by atoms with Gasteiger partial charge in [-0.3, -0.25) is 37.3 Å². The molecule has 5 atom stereocenters. The first-order chi connectivity index (χ1) is 49.7. The van der Waals surface area contributed by atoms with Crippen LogP contribution in [0, 0.1) is 0 Å². The number of rotatable bonds is 69. The molecule has 0 saturated heterocycles. The van der Waals surface area contributed by atoms with Gasteiger partial charge in [0.1, 0.15) is 19.3 Å². The first kappa shape index (κ1) is 96.2. The van der Waals surface area contributed by atoms with E-state index in [9.17, 15) is 43.2 Å². The normalized spacial score (nSPS) is 14.9. The summed E-state index contributed by atoms with van der Waals surface area (Å²) in [6, 6.07) is 0. The minimum atomic E-state index is -5.02. The molecule has 0 aliphatic rings. The number of phosphoric acid groups is 2. The fourth-order valence-corrected chi connectivity index (χ4v) is 10.8. The van der Waals surface area contributed by atoms with Crippen LogP contribution < -0.4 is 0 Å². The van der Waals surface area contributed by atoms with Gasteiger partial charge in [0, 0.05) is 19.3 Å². The fraction of sp³-hybridized carbons (Fsp3) is 0.590. The molecule has 0 aromatic rings. The lowest BCUT2D eigenvalue weighted by molar-refractivity contribution is -0.161. The molecule has 0 radical (unpaired) electrons. The van der Waals surface area contributed by atoms with Gasteiger partial charge in [-0.05, 0) is 135 Å². The van der Waals surface area contributed by atoms with E-state index in [-0.39, 0.29) is 25.7 Å². The number of ether oxygens (including phenoxy) is 4. The van der Waals surface area contributed by atoms with Crippen molar-refractivity contribution < 1.29 is 80.2 Å². The molecule has 0 rings (SSSR count). The Morgan fingerprint density at radius 3 is 0.912 bits per heavy atom. The molecule has 0 aromatic carbocycles. The number of hydrogen-bond acceptors (Lipinski definition) is 15. The van der Waals surface area contributed by atoms with Crippen LogP contribution in [0.1, 0.15) is 259 Å². The number of hydrogen-bond donors (Lipinski definition) is 3. The Hall–Kier alpha value is -5.84. The SMILES string of the molecule is CC/C=C\C/C=C\C/C=C\C/C=C\C/C=C\CCCCCC(=O)OCC(COP(=O)(O)OCC(O)COP(=O)(O)OCC(COC(=O)CCC/C=C\C/C=C\C/C=C\C/C=C\C/C=C\CC)OC(=O)CCCCCCCCCCCCC)OC(=O)C/C=C\C/C=C\C/C=C\C/C=C\C/C=C\CC. The van der Waals surface area contributed by atoms with E-state index < -0.39 is 97.5 Å². The maximum absolute atomic E-state index is 13.1. The minimum absolute atomic E-state index is 0.0754. The lowest BCUT2D eigenvalue weighted by atomic mass is 10.1. The zero-order chi connectivity index (χ0) is 74.6. The van der Waals surface area contributed by atoms with Crippen molar-refractivity contribution in [3.63, 3.8) is 0 Å². The Balaban J connectivity index is 5.49. The number of aliphatic hydroxyl groups is 1. The summed E-state index contributed by atoms with van der Waals surface area (Å²) in [7, 11) is -10.0. The van der Waals surface area contributed by atoms with E-state index in [2.05, 4.69) is 174 Å². The third kappa shape index (κ3) is 72.5. The second kappa shape index (κ2) is 73.5. The summed E-state index contributed by atoms with van der Waals surface area (Å²) in [4.78, 5) is 72.8. The zero-order valence-corrected chi connectivity index (χ0v) is 64.5. The van der Waals surface area contributed by atoms with Gasteiger partial charge in [0.25, 0.3) is 0 Å². The third-order valence-corrected chi connectivity index (χ3v) is 16.8. The Morgan fingerprint density at radius 1 is 0.294 bits per heavy atom. The lowest BCUT2D eigenvalue weighted by Crippen LogP contribution is -2.30. The van der Waals surface area contributed by atoms with E-state index in [1.54, 1.807) is 12.2 Å². The van der Waals surface area contributed by atoms with Crippen LogP contribution in [0.2, 0.25) is 0 Å². The molecule has 0 fully saturated rings. The van der Waals surface area contributed by atoms with Gasteiger partial charge in [0.15, 0.2) is 12.2 Å². The largest absolute Gasteiger partial charge is 0.472 e. The molecular weight excluding hydrogens is 1330 g/mol. The van der Waals surface area contributed by atoms with Crippen molar-refractivity contribution >= 4 is 39.5 Å². The number of unbranched alkanes of at least 4 members (excludes halogenated alkanes) is 14. The van der Waals surface area contributed by atoms with E-state index in [0.717, 1.165) is 135 Å². The Labute approximate surface area is 615 Å². The van der Waals surface area contributed by atoms with Crippen molar-refractivity contribution in [1.82, 2.24) is 0 Å². The standard InChI is InChI=1S/C83H132O17P2/c1-5-9-13-17-21-25-29-32-35-37-38-40-43-45-49-52-56-60-64-68-81(86)94-74-79(100-83(88)70-66-62-58-54-50-46-41-34-31-27-23-19-15-11-7-3)76-98-102(91,92)96-72-77(84)71-95-101(89,90)97-75-78(99-82(87)69-65-61-57-53-47-28-24-20-16-12-8-4)73-93-80(85)67-63-59-55-51-48-44-42-39-36-33-30-26-22-18-14-10-6-2/h9-11,13-15,21-23,25-27,32-36,38,40-42,44-45,49-51,54-55,62,66,77-79,84H,5-8,12,16-20,24,28-31,37,39,43,46-48,52-53,56-61,63-65,67-76H2,1-4H3,(H,89,90)(H,91,92)/b13-9-,14-10-,15-11-,25-21-,26-22-,27-23-,35-32-,36-33-,40-38-,41-34-,44-42-,49-45-,54-50-,55-51-,66-62-. The molecule has 0 heterocycles. The molecule has 17 nitrogen and oxygen atoms in total. The number of aliphatic hydroxyl groups excluding tert-OH is 1. The number of carbonyl (C=O) groups excluding carboxylic acids is 4. The maximum Gasteiger partial charge on any atom is 0.472 e. The van der Waals surface area contributed by atoms with Crippen LogP contribution in [0.5, 0.6) is 0 Å². The summed E-state index contributed by atoms with van der Waals surface area (Å²) in [6.07, 6.45) is 87.9. The van der Waals surface area contributed by atoms with Gasteiger partial charge in [-0.25, -0.2) is 9.13 Å². The maximum atomic E-state index is 13.1. The van der Waals surface area contributed by atoms with Crippen LogP contribution in [0.25, 0.3) is 0 Å². The highest BCUT2D eigenvalue weighted by atomic mass is 31.2. The van der Waals surface area contributed by atoms with Gasteiger partial charge in [0.05, 0.1) is 32.8 Å². The van der Waals surface area contributed by atoms with Crippen LogP contribution in [-0.4, -0.2) is 96.7 Å². The minimum Gasteiger partial charge on any atom is -0.462 e. The summed E-state index contributed by atoms with van der Waals surface area (Å²) in [5, 5.41) is 10.6. The summed E-state index contributed by atoms with van der Waals surface area (Å²) >= 11 is 0. The molecule has 0 amide bonds. The molecule has 0 aromatic heterocycles. The van der Waals surface area contributed by atoms with Crippen molar-refractivity contribution in [3.8, 4) is 0 Å². The Kier molecular flexibility index (Phi) is 69.3. The highest BCUT2D eigenvalue weighted by Crippen LogP contribution is 2.45. The van der Waals surface area contributed by atoms with Crippen molar-refractivity contribution in [2.24, 2.45) is 0 Å². The average Bonchev–Trinajstić information content (AvgIpc) is 0.939. The van der Waals surface area contributed by atoms with Gasteiger partial charge in [-0.2, -0.15) is 0 Å². The van der Waals surface area contributed by atoms with Crippen molar-refractivity contribution in [3.05, 3.63) is 182 Å². The van der Waals surface area contributed by atoms with Crippen LogP contribution in [-0.2, 0) is 65.4 Å². The average molecular weight is 1460 g/mol. The van der Waals surface area contributed by atoms with Crippen molar-refractivity contribution in [2.45, 2.75) is 277 Å². The predicted molar refractivity (Wildman–Crippen MR) is 417 cm³/mol. The second-order valence-corrected chi connectivity index (χ2v) is 27.4. The summed E-state index contributed by atoms with van der Waals surface area (Å²) in [5.74, 6) is -2.45. The Bertz CT molecular complexity index is 2650. The lowest BCUT2D eigenvalue weighted by Gasteiger charge is -2.21. The number of esters is 4. The molecule has 102 heavy (non-hydrogen) atoms. The summed E-state index contributed by atoms with van der Waals surface area (Å²) in [6.45, 7) is 4.27. The van der Waals surface area contributed by atoms with Crippen LogP contribution in [0.3, 0.4) is 0 Å². The van der Waals surface area contributed by atoms with E-state index in [0.29, 0.717) is 32.1 Å². The highest BCUT2D eigenvalue weighted by Gasteiger charge is 2.30. The van der Waals surface area contributed by atoms with E-state index >= 15 is 0 Å². The molecular formula is C83H132O17P2. The van der Waals surface area contributed by atoms with Gasteiger partial charge < -0.3 is 33.8 Å². The van der Waals surface area contributed by atoms with E-state index in [1.807, 2.05) is 24.3 Å². The molecule has 0 aliphatic heterocycles. The second-order valence-electron chi connectivity index (χ2n) is 24.5. The quantitative estimate of drug-likeness (QED) is 0.0169. The number of phosphoric ester groups is 2. The van der Waals surface area contributed by atoms with Gasteiger partial charge in [-0.1, -0.05) is 281 Å². The first-order valence-electron chi connectivity index (χ1n) is 38.0. The van der Waals surface area contributed by atoms with Gasteiger partial charge in [-0.15, -0.1) is 0 Å². The number of allylic oxidation sites excluding steroid dienone is 29. The molecule has 3 N–H and O–H groups in total. The monoisotopic (exact) mass is 1460 g/mol. The molecule has 0 aliphatic carbocycles. The van der Waals surface area contributed by atoms with Crippen LogP contribution in [0.4, 0.5) is 0 Å². The third-order valence-electron chi connectivity index (χ3n) is 14.9. The van der Waals surface area contributed by atoms with E-state index in [1.165, 1.54) is 38.5 Å².